The normalized spacial score (nSPS) is 17.1. The fourth-order valence-electron chi connectivity index (χ4n) is 2.77. The summed E-state index contributed by atoms with van der Waals surface area (Å²) in [5.74, 6) is -0.898. The summed E-state index contributed by atoms with van der Waals surface area (Å²) >= 11 is 1.59. The van der Waals surface area contributed by atoms with Crippen molar-refractivity contribution in [1.82, 2.24) is 15.1 Å². The van der Waals surface area contributed by atoms with Gasteiger partial charge in [-0.2, -0.15) is 0 Å². The standard InChI is InChI=1S/C18H28N4O2S/c1-14(13-22-9-7-21(2)8-10-22)12-19-17(23)18(24)20-15-5-4-6-16(11-15)25-3/h4-6,11,14H,7-10,12-13H2,1-3H3,(H,19,23)(H,20,24). The van der Waals surface area contributed by atoms with E-state index < -0.39 is 11.8 Å². The van der Waals surface area contributed by atoms with Gasteiger partial charge in [0.1, 0.15) is 0 Å². The van der Waals surface area contributed by atoms with Crippen molar-refractivity contribution in [2.24, 2.45) is 5.92 Å². The average Bonchev–Trinajstić information content (AvgIpc) is 2.61. The maximum Gasteiger partial charge on any atom is 0.313 e. The van der Waals surface area contributed by atoms with E-state index in [-0.39, 0.29) is 0 Å². The van der Waals surface area contributed by atoms with E-state index in [1.165, 1.54) is 0 Å². The molecule has 1 aliphatic rings. The van der Waals surface area contributed by atoms with Crippen LogP contribution in [0.15, 0.2) is 29.2 Å². The number of hydrogen-bond acceptors (Lipinski definition) is 5. The molecule has 1 heterocycles. The van der Waals surface area contributed by atoms with Crippen LogP contribution in [-0.2, 0) is 9.59 Å². The van der Waals surface area contributed by atoms with Crippen LogP contribution in [0.3, 0.4) is 0 Å². The van der Waals surface area contributed by atoms with Crippen LogP contribution < -0.4 is 10.6 Å². The molecule has 0 radical (unpaired) electrons. The number of carbonyl (C=O) groups excluding carboxylic acids is 2. The molecular formula is C18H28N4O2S. The molecule has 2 N–H and O–H groups in total. The summed E-state index contributed by atoms with van der Waals surface area (Å²) in [7, 11) is 2.13. The van der Waals surface area contributed by atoms with Gasteiger partial charge in [0.2, 0.25) is 0 Å². The minimum Gasteiger partial charge on any atom is -0.348 e. The molecule has 2 rings (SSSR count). The van der Waals surface area contributed by atoms with Crippen molar-refractivity contribution in [1.29, 1.82) is 0 Å². The Kier molecular flexibility index (Phi) is 7.74. The van der Waals surface area contributed by atoms with E-state index in [0.717, 1.165) is 37.6 Å². The molecule has 0 aliphatic carbocycles. The third-order valence-corrected chi connectivity index (χ3v) is 5.04. The molecule has 1 aromatic carbocycles. The summed E-state index contributed by atoms with van der Waals surface area (Å²) < 4.78 is 0. The molecule has 1 saturated heterocycles. The molecule has 1 atom stereocenters. The monoisotopic (exact) mass is 364 g/mol. The summed E-state index contributed by atoms with van der Waals surface area (Å²) in [6.07, 6.45) is 1.97. The Labute approximate surface area is 154 Å². The van der Waals surface area contributed by atoms with Crippen molar-refractivity contribution in [3.8, 4) is 0 Å². The second kappa shape index (κ2) is 9.79. The highest BCUT2D eigenvalue weighted by Gasteiger charge is 2.18. The van der Waals surface area contributed by atoms with Gasteiger partial charge in [-0.15, -0.1) is 11.8 Å². The van der Waals surface area contributed by atoms with Crippen LogP contribution in [0.5, 0.6) is 0 Å². The fourth-order valence-corrected chi connectivity index (χ4v) is 3.23. The zero-order chi connectivity index (χ0) is 18.2. The highest BCUT2D eigenvalue weighted by Crippen LogP contribution is 2.18. The Morgan fingerprint density at radius 2 is 1.92 bits per heavy atom. The second-order valence-corrected chi connectivity index (χ2v) is 7.48. The molecule has 0 saturated carbocycles. The van der Waals surface area contributed by atoms with E-state index in [1.807, 2.05) is 24.5 Å². The summed E-state index contributed by atoms with van der Waals surface area (Å²) in [4.78, 5) is 29.8. The molecule has 6 nitrogen and oxygen atoms in total. The number of amides is 2. The summed E-state index contributed by atoms with van der Waals surface area (Å²) in [6, 6.07) is 7.45. The van der Waals surface area contributed by atoms with Gasteiger partial charge in [0.25, 0.3) is 0 Å². The van der Waals surface area contributed by atoms with E-state index in [1.54, 1.807) is 17.8 Å². The number of hydrogen-bond donors (Lipinski definition) is 2. The smallest absolute Gasteiger partial charge is 0.313 e. The van der Waals surface area contributed by atoms with Crippen LogP contribution in [0, 0.1) is 5.92 Å². The lowest BCUT2D eigenvalue weighted by atomic mass is 10.1. The average molecular weight is 365 g/mol. The van der Waals surface area contributed by atoms with E-state index in [4.69, 9.17) is 0 Å². The number of likely N-dealkylation sites (N-methyl/N-ethyl adjacent to an activating group) is 1. The van der Waals surface area contributed by atoms with Crippen molar-refractivity contribution < 1.29 is 9.59 Å². The van der Waals surface area contributed by atoms with E-state index in [9.17, 15) is 9.59 Å². The van der Waals surface area contributed by atoms with Gasteiger partial charge >= 0.3 is 11.8 Å². The van der Waals surface area contributed by atoms with Crippen LogP contribution >= 0.6 is 11.8 Å². The maximum absolute atomic E-state index is 12.0. The molecule has 1 aliphatic heterocycles. The van der Waals surface area contributed by atoms with Gasteiger partial charge in [-0.25, -0.2) is 0 Å². The molecule has 0 bridgehead atoms. The van der Waals surface area contributed by atoms with Gasteiger partial charge in [0.05, 0.1) is 0 Å². The largest absolute Gasteiger partial charge is 0.348 e. The van der Waals surface area contributed by atoms with E-state index in [2.05, 4.69) is 34.4 Å². The zero-order valence-corrected chi connectivity index (χ0v) is 16.1. The first kappa shape index (κ1) is 19.8. The molecular weight excluding hydrogens is 336 g/mol. The molecule has 1 fully saturated rings. The minimum atomic E-state index is -0.620. The third kappa shape index (κ3) is 6.68. The van der Waals surface area contributed by atoms with Gasteiger partial charge in [-0.1, -0.05) is 13.0 Å². The maximum atomic E-state index is 12.0. The summed E-state index contributed by atoms with van der Waals surface area (Å²) in [5.41, 5.74) is 0.637. The molecule has 1 aromatic rings. The molecule has 138 valence electrons. The fraction of sp³-hybridized carbons (Fsp3) is 0.556. The van der Waals surface area contributed by atoms with Gasteiger partial charge in [-0.3, -0.25) is 9.59 Å². The lowest BCUT2D eigenvalue weighted by molar-refractivity contribution is -0.136. The first-order valence-electron chi connectivity index (χ1n) is 8.62. The van der Waals surface area contributed by atoms with E-state index >= 15 is 0 Å². The lowest BCUT2D eigenvalue weighted by Gasteiger charge is -2.33. The molecule has 0 spiro atoms. The Hall–Kier alpha value is -1.57. The Bertz CT molecular complexity index is 588. The SMILES string of the molecule is CSc1cccc(NC(=O)C(=O)NCC(C)CN2CCN(C)CC2)c1. The number of piperazine rings is 1. The van der Waals surface area contributed by atoms with Crippen LogP contribution in [-0.4, -0.2) is 74.2 Å². The minimum absolute atomic E-state index is 0.306. The predicted molar refractivity (Wildman–Crippen MR) is 103 cm³/mol. The number of anilines is 1. The van der Waals surface area contributed by atoms with Crippen molar-refractivity contribution in [3.05, 3.63) is 24.3 Å². The van der Waals surface area contributed by atoms with Gasteiger partial charge < -0.3 is 20.4 Å². The highest BCUT2D eigenvalue weighted by atomic mass is 32.2. The van der Waals surface area contributed by atoms with Crippen LogP contribution in [0.1, 0.15) is 6.92 Å². The van der Waals surface area contributed by atoms with Crippen molar-refractivity contribution in [2.75, 3.05) is 57.9 Å². The Morgan fingerprint density at radius 1 is 1.20 bits per heavy atom. The quantitative estimate of drug-likeness (QED) is 0.589. The number of rotatable bonds is 6. The highest BCUT2D eigenvalue weighted by molar-refractivity contribution is 7.98. The predicted octanol–water partition coefficient (Wildman–Crippen LogP) is 1.35. The van der Waals surface area contributed by atoms with Crippen molar-refractivity contribution in [3.63, 3.8) is 0 Å². The molecule has 25 heavy (non-hydrogen) atoms. The topological polar surface area (TPSA) is 64.7 Å². The van der Waals surface area contributed by atoms with Crippen LogP contribution in [0.25, 0.3) is 0 Å². The lowest BCUT2D eigenvalue weighted by Crippen LogP contribution is -2.47. The van der Waals surface area contributed by atoms with Gasteiger partial charge in [-0.05, 0) is 37.4 Å². The second-order valence-electron chi connectivity index (χ2n) is 6.61. The number of benzene rings is 1. The van der Waals surface area contributed by atoms with Gasteiger partial charge in [0, 0.05) is 49.9 Å². The Morgan fingerprint density at radius 3 is 2.60 bits per heavy atom. The number of nitrogens with one attached hydrogen (secondary N) is 2. The summed E-state index contributed by atoms with van der Waals surface area (Å²) in [6.45, 7) is 7.81. The Balaban J connectivity index is 1.72. The van der Waals surface area contributed by atoms with E-state index in [0.29, 0.717) is 18.2 Å². The van der Waals surface area contributed by atoms with Crippen molar-refractivity contribution in [2.45, 2.75) is 11.8 Å². The first-order chi connectivity index (χ1) is 12.0. The third-order valence-electron chi connectivity index (χ3n) is 4.31. The zero-order valence-electron chi connectivity index (χ0n) is 15.2. The number of thioether (sulfide) groups is 1. The summed E-state index contributed by atoms with van der Waals surface area (Å²) in [5, 5.41) is 5.38. The molecule has 0 aromatic heterocycles. The van der Waals surface area contributed by atoms with Gasteiger partial charge in [0.15, 0.2) is 0 Å². The molecule has 1 unspecified atom stereocenters. The molecule has 7 heteroatoms. The number of nitrogens with zero attached hydrogens (tertiary/aromatic N) is 2. The van der Waals surface area contributed by atoms with Crippen LogP contribution in [0.2, 0.25) is 0 Å². The number of carbonyl (C=O) groups is 2. The van der Waals surface area contributed by atoms with Crippen molar-refractivity contribution >= 4 is 29.3 Å². The van der Waals surface area contributed by atoms with Crippen LogP contribution in [0.4, 0.5) is 5.69 Å². The first-order valence-corrected chi connectivity index (χ1v) is 9.84. The molecule has 2 amide bonds.